The number of halogens is 21. The van der Waals surface area contributed by atoms with Crippen LogP contribution >= 0.6 is 0 Å². The van der Waals surface area contributed by atoms with Crippen LogP contribution in [0.5, 0.6) is 0 Å². The van der Waals surface area contributed by atoms with Gasteiger partial charge in [0.1, 0.15) is 95.3 Å². The summed E-state index contributed by atoms with van der Waals surface area (Å²) in [6, 6.07) is 1.83. The highest BCUT2D eigenvalue weighted by Crippen LogP contribution is 2.47. The molecule has 9 nitrogen and oxygen atoms in total. The van der Waals surface area contributed by atoms with Gasteiger partial charge in [-0.2, -0.15) is 10.5 Å². The molecule has 0 saturated heterocycles. The zero-order valence-electron chi connectivity index (χ0n) is 34.5. The van der Waals surface area contributed by atoms with Crippen LogP contribution in [0.4, 0.5) is 97.9 Å². The molecule has 10 aromatic rings. The highest BCUT2D eigenvalue weighted by atomic mass is 19.2. The van der Waals surface area contributed by atoms with Gasteiger partial charge in [-0.1, -0.05) is 0 Å². The van der Waals surface area contributed by atoms with Gasteiger partial charge in [-0.05, 0) is 0 Å². The maximum Gasteiger partial charge on any atom is 0.235 e. The van der Waals surface area contributed by atoms with Crippen LogP contribution in [-0.2, 0) is 0 Å². The number of fused-ring (bicyclic) bond motifs is 9. The molecule has 372 valence electrons. The van der Waals surface area contributed by atoms with E-state index in [1.165, 1.54) is 0 Å². The molecule has 3 heterocycles. The lowest BCUT2D eigenvalue weighted by atomic mass is 9.95. The van der Waals surface area contributed by atoms with Crippen molar-refractivity contribution in [2.24, 2.45) is 0 Å². The maximum atomic E-state index is 16.8. The van der Waals surface area contributed by atoms with Gasteiger partial charge in [0.15, 0.2) is 98.9 Å². The lowest BCUT2D eigenvalue weighted by Crippen LogP contribution is -2.10. The minimum absolute atomic E-state index is 0.914. The molecule has 0 aliphatic rings. The smallest absolute Gasteiger partial charge is 0.235 e. The van der Waals surface area contributed by atoms with Gasteiger partial charge in [0.05, 0.1) is 23.3 Å². The van der Waals surface area contributed by atoms with Crippen LogP contribution in [0.25, 0.3) is 104 Å². The van der Waals surface area contributed by atoms with Crippen molar-refractivity contribution >= 4 is 71.9 Å². The summed E-state index contributed by atoms with van der Waals surface area (Å²) in [5, 5.41) is 19.7. The Morgan fingerprint density at radius 3 is 0.680 bits per heavy atom. The van der Waals surface area contributed by atoms with E-state index in [1.54, 1.807) is 0 Å². The average Bonchev–Trinajstić information content (AvgIpc) is 3.40. The predicted molar refractivity (Wildman–Crippen MR) is 209 cm³/mol. The highest BCUT2D eigenvalue weighted by Gasteiger charge is 2.38. The Balaban J connectivity index is 1.46. The van der Waals surface area contributed by atoms with E-state index in [4.69, 9.17) is 6.57 Å². The van der Waals surface area contributed by atoms with E-state index < -0.39 is 239 Å². The summed E-state index contributed by atoms with van der Waals surface area (Å²) < 4.78 is 320. The summed E-state index contributed by atoms with van der Waals surface area (Å²) in [5.74, 6) is -56.3. The number of aromatic nitrogens is 6. The first-order valence-electron chi connectivity index (χ1n) is 19.3. The third kappa shape index (κ3) is 6.23. The largest absolute Gasteiger partial charge is 0.240 e. The van der Waals surface area contributed by atoms with Crippen molar-refractivity contribution in [2.75, 3.05) is 0 Å². The van der Waals surface area contributed by atoms with Crippen LogP contribution in [0.2, 0.25) is 0 Å². The van der Waals surface area contributed by atoms with Gasteiger partial charge in [-0.15, -0.1) is 0 Å². The molecule has 0 fully saturated rings. The Kier molecular flexibility index (Phi) is 10.7. The predicted octanol–water partition coefficient (Wildman–Crippen LogP) is 13.2. The molecule has 0 saturated carbocycles. The third-order valence-electron chi connectivity index (χ3n) is 11.4. The molecule has 0 amide bonds. The van der Waals surface area contributed by atoms with Gasteiger partial charge in [-0.3, -0.25) is 0 Å². The Hall–Kier alpha value is -9.66. The number of nitriles is 2. The maximum absolute atomic E-state index is 16.8. The molecule has 0 spiro atoms. The molecule has 0 N–H and O–H groups in total. The van der Waals surface area contributed by atoms with E-state index >= 15 is 52.7 Å². The molecule has 10 rings (SSSR count). The fourth-order valence-corrected chi connectivity index (χ4v) is 8.06. The molecule has 0 bridgehead atoms. The Morgan fingerprint density at radius 2 is 0.440 bits per heavy atom. The summed E-state index contributed by atoms with van der Waals surface area (Å²) in [6.45, 7) is 7.45. The second kappa shape index (κ2) is 16.4. The van der Waals surface area contributed by atoms with E-state index in [9.17, 15) is 50.0 Å². The van der Waals surface area contributed by atoms with Gasteiger partial charge in [0.2, 0.25) is 23.1 Å². The Labute approximate surface area is 394 Å². The molecular formula is C45F21N9. The summed E-state index contributed by atoms with van der Waals surface area (Å²) in [5.41, 5.74) is -36.7. The molecule has 0 atom stereocenters. The third-order valence-corrected chi connectivity index (χ3v) is 11.4. The first kappa shape index (κ1) is 48.9. The molecule has 75 heavy (non-hydrogen) atoms. The van der Waals surface area contributed by atoms with Crippen LogP contribution < -0.4 is 0 Å². The summed E-state index contributed by atoms with van der Waals surface area (Å²) in [7, 11) is 0. The zero-order chi connectivity index (χ0) is 54.6. The first-order valence-corrected chi connectivity index (χ1v) is 19.3. The van der Waals surface area contributed by atoms with Gasteiger partial charge >= 0.3 is 0 Å². The number of nitrogens with zero attached hydrogens (tertiary/aromatic N) is 9. The van der Waals surface area contributed by atoms with Crippen LogP contribution in [0.15, 0.2) is 0 Å². The van der Waals surface area contributed by atoms with E-state index in [2.05, 4.69) is 34.7 Å². The minimum atomic E-state index is -2.85. The monoisotopic (exact) mass is 1060 g/mol. The Morgan fingerprint density at radius 1 is 0.240 bits per heavy atom. The van der Waals surface area contributed by atoms with E-state index in [1.807, 2.05) is 0 Å². The number of rotatable bonds is 3. The molecule has 30 heteroatoms. The lowest BCUT2D eigenvalue weighted by molar-refractivity contribution is 0.381. The summed E-state index contributed by atoms with van der Waals surface area (Å²) in [6.07, 6.45) is 0. The van der Waals surface area contributed by atoms with Crippen LogP contribution in [-0.4, -0.2) is 29.9 Å². The van der Waals surface area contributed by atoms with Gasteiger partial charge in [0.25, 0.3) is 0 Å². The second-order valence-corrected chi connectivity index (χ2v) is 15.1. The number of benzene rings is 7. The van der Waals surface area contributed by atoms with E-state index in [-0.39, 0.29) is 0 Å². The number of hydrogen-bond acceptors (Lipinski definition) is 8. The first-order chi connectivity index (χ1) is 35.4. The number of hydrogen-bond donors (Lipinski definition) is 0. The molecule has 7 aromatic carbocycles. The second-order valence-electron chi connectivity index (χ2n) is 15.1. The molecule has 0 aliphatic carbocycles. The SMILES string of the molecule is [C-]#[N+]c1c(-c2c(F)c(F)c(F)c(F)c2F)c(F)c2nc3c4nc5c(F)c(C#N)c(-c6c(F)c(F)c(F)c(F)c6F)c(F)c5nc4c4nc5c(F)c(C#N)c(-c6c(F)c(F)c(F)c(F)c6F)c(F)c5nc4c3nc2c1F. The normalized spacial score (nSPS) is 11.8. The zero-order valence-corrected chi connectivity index (χ0v) is 34.5. The van der Waals surface area contributed by atoms with Crippen molar-refractivity contribution in [1.29, 1.82) is 10.5 Å². The van der Waals surface area contributed by atoms with Gasteiger partial charge < -0.3 is 0 Å². The lowest BCUT2D eigenvalue weighted by Gasteiger charge is -2.16. The summed E-state index contributed by atoms with van der Waals surface area (Å²) >= 11 is 0. The fraction of sp³-hybridized carbons (Fsp3) is 0. The standard InChI is InChI=1S/C45F21N9/c1-69-33-11(10-18(52)27(61)31(65)28(62)19(10)53)22(56)38-39(32(33)66)75-45-43-40(70-35-13(47)5(3-68)7(21(55)37(35)73-43)9-16(50)25(59)30(64)26(60)17(9)51)42-41(44(45)74-38)71-34-12(46)4(2-67)6(20(54)36(34)72-42)8-14(48)23(57)29(63)24(58)15(8)49. The van der Waals surface area contributed by atoms with Crippen molar-refractivity contribution in [3.05, 3.63) is 145 Å². The van der Waals surface area contributed by atoms with Crippen molar-refractivity contribution < 1.29 is 92.2 Å². The van der Waals surface area contributed by atoms with E-state index in [0.29, 0.717) is 0 Å². The van der Waals surface area contributed by atoms with Crippen LogP contribution in [0.1, 0.15) is 11.1 Å². The summed E-state index contributed by atoms with van der Waals surface area (Å²) in [4.78, 5) is 24.8. The van der Waals surface area contributed by atoms with Gasteiger partial charge in [0, 0.05) is 16.7 Å². The Bertz CT molecular complexity index is 4030. The molecule has 0 aliphatic heterocycles. The molecule has 0 radical (unpaired) electrons. The van der Waals surface area contributed by atoms with Crippen LogP contribution in [0.3, 0.4) is 0 Å². The quantitative estimate of drug-likeness (QED) is 0.0427. The molecular weight excluding hydrogens is 1070 g/mol. The molecule has 0 unspecified atom stereocenters. The minimum Gasteiger partial charge on any atom is -0.240 e. The topological polar surface area (TPSA) is 129 Å². The average molecular weight is 1070 g/mol. The van der Waals surface area contributed by atoms with E-state index in [0.717, 1.165) is 12.1 Å². The highest BCUT2D eigenvalue weighted by molar-refractivity contribution is 6.21. The van der Waals surface area contributed by atoms with Crippen molar-refractivity contribution in [1.82, 2.24) is 29.9 Å². The molecule has 3 aromatic heterocycles. The fourth-order valence-electron chi connectivity index (χ4n) is 8.06. The van der Waals surface area contributed by atoms with Gasteiger partial charge in [-0.25, -0.2) is 127 Å². The van der Waals surface area contributed by atoms with Crippen molar-refractivity contribution in [3.8, 4) is 45.5 Å². The van der Waals surface area contributed by atoms with Crippen molar-refractivity contribution in [2.45, 2.75) is 0 Å². The van der Waals surface area contributed by atoms with Crippen molar-refractivity contribution in [3.63, 3.8) is 0 Å². The van der Waals surface area contributed by atoms with Crippen LogP contribution in [0, 0.1) is 151 Å².